The van der Waals surface area contributed by atoms with Crippen LogP contribution in [0, 0.1) is 6.92 Å². The SMILES string of the molecule is Cc1nccn1-c1cc(Nc2ccc(NS(=O)(=O)c3ccc4c(c3)CCO4)cc2)ncn1. The summed E-state index contributed by atoms with van der Waals surface area (Å²) in [5.74, 6) is 2.87. The van der Waals surface area contributed by atoms with Gasteiger partial charge < -0.3 is 10.1 Å². The molecule has 2 N–H and O–H groups in total. The Bertz CT molecular complexity index is 1380. The predicted octanol–water partition coefficient (Wildman–Crippen LogP) is 3.45. The third-order valence-corrected chi connectivity index (χ3v) is 6.48. The Morgan fingerprint density at radius 3 is 2.59 bits per heavy atom. The van der Waals surface area contributed by atoms with E-state index in [0.29, 0.717) is 30.4 Å². The number of anilines is 3. The number of rotatable bonds is 6. The molecule has 3 heterocycles. The van der Waals surface area contributed by atoms with Crippen molar-refractivity contribution in [3.63, 3.8) is 0 Å². The molecule has 0 unspecified atom stereocenters. The quantitative estimate of drug-likeness (QED) is 0.465. The minimum Gasteiger partial charge on any atom is -0.493 e. The molecule has 0 spiro atoms. The van der Waals surface area contributed by atoms with E-state index in [4.69, 9.17) is 4.74 Å². The maximum absolute atomic E-state index is 12.8. The molecule has 162 valence electrons. The summed E-state index contributed by atoms with van der Waals surface area (Å²) in [4.78, 5) is 12.9. The van der Waals surface area contributed by atoms with Gasteiger partial charge in [-0.3, -0.25) is 9.29 Å². The zero-order chi connectivity index (χ0) is 22.1. The molecule has 32 heavy (non-hydrogen) atoms. The van der Waals surface area contributed by atoms with Gasteiger partial charge in [-0.25, -0.2) is 23.4 Å². The van der Waals surface area contributed by atoms with E-state index in [9.17, 15) is 8.42 Å². The molecule has 2 aromatic carbocycles. The second kappa shape index (κ2) is 7.97. The molecule has 1 aliphatic rings. The number of hydrogen-bond donors (Lipinski definition) is 2. The van der Waals surface area contributed by atoms with Gasteiger partial charge in [0.2, 0.25) is 0 Å². The normalized spacial score (nSPS) is 12.8. The van der Waals surface area contributed by atoms with Crippen molar-refractivity contribution in [2.75, 3.05) is 16.6 Å². The largest absolute Gasteiger partial charge is 0.493 e. The van der Waals surface area contributed by atoms with Crippen LogP contribution in [-0.4, -0.2) is 34.5 Å². The second-order valence-electron chi connectivity index (χ2n) is 7.28. The van der Waals surface area contributed by atoms with Crippen molar-refractivity contribution in [1.82, 2.24) is 19.5 Å². The number of benzene rings is 2. The lowest BCUT2D eigenvalue weighted by Gasteiger charge is -2.11. The number of hydrogen-bond acceptors (Lipinski definition) is 7. The van der Waals surface area contributed by atoms with Gasteiger partial charge in [0.05, 0.1) is 11.5 Å². The van der Waals surface area contributed by atoms with Crippen LogP contribution in [0.15, 0.2) is 72.1 Å². The first kappa shape index (κ1) is 20.0. The van der Waals surface area contributed by atoms with Crippen LogP contribution in [0.4, 0.5) is 17.2 Å². The van der Waals surface area contributed by atoms with Crippen molar-refractivity contribution in [3.05, 3.63) is 78.6 Å². The number of nitrogens with zero attached hydrogens (tertiary/aromatic N) is 4. The Labute approximate surface area is 185 Å². The van der Waals surface area contributed by atoms with Crippen molar-refractivity contribution in [2.24, 2.45) is 0 Å². The van der Waals surface area contributed by atoms with Gasteiger partial charge in [0.15, 0.2) is 0 Å². The van der Waals surface area contributed by atoms with E-state index in [1.54, 1.807) is 48.7 Å². The van der Waals surface area contributed by atoms with E-state index in [1.807, 2.05) is 23.8 Å². The standard InChI is InChI=1S/C22H20N6O3S/c1-15-23-9-10-28(15)22-13-21(24-14-25-22)26-17-2-4-18(5-3-17)27-32(29,30)19-6-7-20-16(12-19)8-11-31-20/h2-7,9-10,12-14,27H,8,11H2,1H3,(H,24,25,26). The zero-order valence-corrected chi connectivity index (χ0v) is 18.0. The molecular weight excluding hydrogens is 428 g/mol. The van der Waals surface area contributed by atoms with Gasteiger partial charge in [0.25, 0.3) is 10.0 Å². The maximum atomic E-state index is 12.8. The molecule has 0 saturated carbocycles. The number of aromatic nitrogens is 4. The van der Waals surface area contributed by atoms with Crippen LogP contribution in [-0.2, 0) is 16.4 Å². The Hall–Kier alpha value is -3.92. The lowest BCUT2D eigenvalue weighted by molar-refractivity contribution is 0.356. The van der Waals surface area contributed by atoms with E-state index in [1.165, 1.54) is 6.33 Å². The van der Waals surface area contributed by atoms with Gasteiger partial charge >= 0.3 is 0 Å². The highest BCUT2D eigenvalue weighted by atomic mass is 32.2. The highest BCUT2D eigenvalue weighted by Gasteiger charge is 2.19. The summed E-state index contributed by atoms with van der Waals surface area (Å²) in [6.45, 7) is 2.47. The molecule has 2 aromatic heterocycles. The van der Waals surface area contributed by atoms with Crippen molar-refractivity contribution in [1.29, 1.82) is 0 Å². The van der Waals surface area contributed by atoms with Crippen LogP contribution in [0.5, 0.6) is 5.75 Å². The molecule has 0 amide bonds. The highest BCUT2D eigenvalue weighted by molar-refractivity contribution is 7.92. The maximum Gasteiger partial charge on any atom is 0.261 e. The van der Waals surface area contributed by atoms with Crippen molar-refractivity contribution >= 4 is 27.2 Å². The van der Waals surface area contributed by atoms with Gasteiger partial charge in [0.1, 0.15) is 29.5 Å². The van der Waals surface area contributed by atoms with Gasteiger partial charge in [0, 0.05) is 36.3 Å². The molecule has 0 atom stereocenters. The summed E-state index contributed by atoms with van der Waals surface area (Å²) >= 11 is 0. The van der Waals surface area contributed by atoms with Crippen molar-refractivity contribution in [3.8, 4) is 11.6 Å². The first-order chi connectivity index (χ1) is 15.5. The molecule has 0 saturated heterocycles. The Morgan fingerprint density at radius 2 is 1.81 bits per heavy atom. The Kier molecular flexibility index (Phi) is 4.98. The number of imidazole rings is 1. The minimum atomic E-state index is -3.70. The topological polar surface area (TPSA) is 111 Å². The van der Waals surface area contributed by atoms with E-state index in [0.717, 1.165) is 22.8 Å². The summed E-state index contributed by atoms with van der Waals surface area (Å²) in [7, 11) is -3.70. The monoisotopic (exact) mass is 448 g/mol. The molecule has 0 aliphatic carbocycles. The molecule has 0 radical (unpaired) electrons. The van der Waals surface area contributed by atoms with E-state index in [-0.39, 0.29) is 4.90 Å². The second-order valence-corrected chi connectivity index (χ2v) is 8.96. The van der Waals surface area contributed by atoms with E-state index in [2.05, 4.69) is 25.0 Å². The summed E-state index contributed by atoms with van der Waals surface area (Å²) < 4.78 is 35.4. The first-order valence-electron chi connectivity index (χ1n) is 9.96. The highest BCUT2D eigenvalue weighted by Crippen LogP contribution is 2.28. The molecule has 1 aliphatic heterocycles. The first-order valence-corrected chi connectivity index (χ1v) is 11.4. The minimum absolute atomic E-state index is 0.215. The van der Waals surface area contributed by atoms with Crippen LogP contribution in [0.1, 0.15) is 11.4 Å². The molecule has 9 nitrogen and oxygen atoms in total. The molecule has 0 fully saturated rings. The predicted molar refractivity (Wildman–Crippen MR) is 120 cm³/mol. The van der Waals surface area contributed by atoms with Crippen LogP contribution >= 0.6 is 0 Å². The van der Waals surface area contributed by atoms with Gasteiger partial charge in [-0.1, -0.05) is 0 Å². The summed E-state index contributed by atoms with van der Waals surface area (Å²) in [6, 6.07) is 13.7. The lowest BCUT2D eigenvalue weighted by Crippen LogP contribution is -2.13. The molecular formula is C22H20N6O3S. The Morgan fingerprint density at radius 1 is 1.00 bits per heavy atom. The van der Waals surface area contributed by atoms with Gasteiger partial charge in [-0.2, -0.15) is 0 Å². The fourth-order valence-electron chi connectivity index (χ4n) is 3.48. The molecule has 0 bridgehead atoms. The average Bonchev–Trinajstić information content (AvgIpc) is 3.43. The van der Waals surface area contributed by atoms with Crippen LogP contribution < -0.4 is 14.8 Å². The average molecular weight is 449 g/mol. The van der Waals surface area contributed by atoms with Crippen LogP contribution in [0.25, 0.3) is 5.82 Å². The van der Waals surface area contributed by atoms with Gasteiger partial charge in [-0.15, -0.1) is 0 Å². The summed E-state index contributed by atoms with van der Waals surface area (Å²) in [6.07, 6.45) is 5.72. The summed E-state index contributed by atoms with van der Waals surface area (Å²) in [5, 5.41) is 3.20. The van der Waals surface area contributed by atoms with Gasteiger partial charge in [-0.05, 0) is 55.0 Å². The summed E-state index contributed by atoms with van der Waals surface area (Å²) in [5.41, 5.74) is 2.13. The lowest BCUT2D eigenvalue weighted by atomic mass is 10.2. The van der Waals surface area contributed by atoms with Crippen LogP contribution in [0.3, 0.4) is 0 Å². The number of nitrogens with one attached hydrogen (secondary N) is 2. The fraction of sp³-hybridized carbons (Fsp3) is 0.136. The van der Waals surface area contributed by atoms with E-state index < -0.39 is 10.0 Å². The van der Waals surface area contributed by atoms with Crippen molar-refractivity contribution in [2.45, 2.75) is 18.2 Å². The van der Waals surface area contributed by atoms with Crippen molar-refractivity contribution < 1.29 is 13.2 Å². The smallest absolute Gasteiger partial charge is 0.261 e. The molecule has 4 aromatic rings. The third kappa shape index (κ3) is 4.00. The number of fused-ring (bicyclic) bond motifs is 1. The zero-order valence-electron chi connectivity index (χ0n) is 17.2. The van der Waals surface area contributed by atoms with Crippen LogP contribution in [0.2, 0.25) is 0 Å². The fourth-order valence-corrected chi connectivity index (χ4v) is 4.59. The molecule has 10 heteroatoms. The molecule has 5 rings (SSSR count). The number of aryl methyl sites for hydroxylation is 1. The van der Waals surface area contributed by atoms with E-state index >= 15 is 0 Å². The third-order valence-electron chi connectivity index (χ3n) is 5.11. The Balaban J connectivity index is 1.30. The number of sulfonamides is 1. The number of ether oxygens (including phenoxy) is 1.